The Labute approximate surface area is 189 Å². The minimum Gasteiger partial charge on any atom is -0.506 e. The number of nitrogens with zero attached hydrogens (tertiary/aromatic N) is 4. The number of hydrogen-bond donors (Lipinski definition) is 2. The minimum atomic E-state index is -0.377. The van der Waals surface area contributed by atoms with Gasteiger partial charge in [-0.25, -0.2) is 0 Å². The molecule has 32 heavy (non-hydrogen) atoms. The molecule has 1 unspecified atom stereocenters. The van der Waals surface area contributed by atoms with E-state index < -0.39 is 0 Å². The highest BCUT2D eigenvalue weighted by Gasteiger charge is 2.32. The van der Waals surface area contributed by atoms with E-state index in [0.717, 1.165) is 5.56 Å². The Morgan fingerprint density at radius 2 is 2.06 bits per heavy atom. The SMILES string of the molecule is Cc1ccc(O)c(NC(=O)CSc2nnc(C(C)N3C(=O)COc4ccccc43)n2C)c1. The molecule has 166 valence electrons. The fourth-order valence-corrected chi connectivity index (χ4v) is 4.26. The lowest BCUT2D eigenvalue weighted by Gasteiger charge is -2.33. The molecule has 0 spiro atoms. The van der Waals surface area contributed by atoms with E-state index in [1.54, 1.807) is 34.7 Å². The van der Waals surface area contributed by atoms with Crippen LogP contribution in [0.1, 0.15) is 24.4 Å². The van der Waals surface area contributed by atoms with E-state index in [0.29, 0.717) is 28.1 Å². The standard InChI is InChI=1S/C22H23N5O4S/c1-13-8-9-17(28)15(10-13)23-19(29)12-32-22-25-24-21(26(22)3)14(2)27-16-6-4-5-7-18(16)31-11-20(27)30/h4-10,14,28H,11-12H2,1-3H3,(H,23,29). The molecule has 2 heterocycles. The number of aromatic hydroxyl groups is 1. The third kappa shape index (κ3) is 4.26. The van der Waals surface area contributed by atoms with Crippen LogP contribution < -0.4 is 15.0 Å². The predicted molar refractivity (Wildman–Crippen MR) is 121 cm³/mol. The number of fused-ring (bicyclic) bond motifs is 1. The lowest BCUT2D eigenvalue weighted by atomic mass is 10.1. The average molecular weight is 454 g/mol. The number of hydrogen-bond acceptors (Lipinski definition) is 7. The molecule has 0 saturated heterocycles. The van der Waals surface area contributed by atoms with Gasteiger partial charge in [0, 0.05) is 7.05 Å². The van der Waals surface area contributed by atoms with Gasteiger partial charge in [0.05, 0.1) is 23.2 Å². The van der Waals surface area contributed by atoms with E-state index in [-0.39, 0.29) is 36.0 Å². The van der Waals surface area contributed by atoms with Gasteiger partial charge >= 0.3 is 0 Å². The molecule has 1 atom stereocenters. The number of carbonyl (C=O) groups excluding carboxylic acids is 2. The molecule has 3 aromatic rings. The molecule has 1 aliphatic rings. The zero-order valence-electron chi connectivity index (χ0n) is 17.9. The van der Waals surface area contributed by atoms with Crippen molar-refractivity contribution in [2.45, 2.75) is 25.0 Å². The van der Waals surface area contributed by atoms with Gasteiger partial charge in [-0.05, 0) is 43.7 Å². The van der Waals surface area contributed by atoms with Crippen molar-refractivity contribution < 1.29 is 19.4 Å². The molecule has 0 bridgehead atoms. The molecule has 1 aromatic heterocycles. The van der Waals surface area contributed by atoms with Crippen molar-refractivity contribution in [3.8, 4) is 11.5 Å². The number of nitrogens with one attached hydrogen (secondary N) is 1. The maximum Gasteiger partial charge on any atom is 0.265 e. The zero-order chi connectivity index (χ0) is 22.8. The molecule has 9 nitrogen and oxygen atoms in total. The van der Waals surface area contributed by atoms with Crippen molar-refractivity contribution in [2.24, 2.45) is 7.05 Å². The number of amides is 2. The Morgan fingerprint density at radius 1 is 1.28 bits per heavy atom. The van der Waals surface area contributed by atoms with Crippen LogP contribution in [0.4, 0.5) is 11.4 Å². The van der Waals surface area contributed by atoms with Gasteiger partial charge in [-0.3, -0.25) is 14.5 Å². The van der Waals surface area contributed by atoms with Gasteiger partial charge in [0.1, 0.15) is 11.5 Å². The van der Waals surface area contributed by atoms with Gasteiger partial charge in [-0.1, -0.05) is 30.0 Å². The third-order valence-corrected chi connectivity index (χ3v) is 6.15. The molecule has 2 aromatic carbocycles. The number of ether oxygens (including phenoxy) is 1. The first-order valence-electron chi connectivity index (χ1n) is 10.0. The fraction of sp³-hybridized carbons (Fsp3) is 0.273. The Morgan fingerprint density at radius 3 is 2.88 bits per heavy atom. The quantitative estimate of drug-likeness (QED) is 0.436. The topological polar surface area (TPSA) is 110 Å². The number of rotatable bonds is 6. The monoisotopic (exact) mass is 453 g/mol. The Kier molecular flexibility index (Phi) is 6.04. The minimum absolute atomic E-state index is 0.0131. The van der Waals surface area contributed by atoms with Crippen LogP contribution >= 0.6 is 11.8 Å². The summed E-state index contributed by atoms with van der Waals surface area (Å²) in [7, 11) is 1.80. The molecule has 1 aliphatic heterocycles. The maximum atomic E-state index is 12.6. The van der Waals surface area contributed by atoms with Gasteiger partial charge in [0.2, 0.25) is 5.91 Å². The summed E-state index contributed by atoms with van der Waals surface area (Å²) in [6, 6.07) is 12.0. The van der Waals surface area contributed by atoms with Crippen molar-refractivity contribution in [1.29, 1.82) is 0 Å². The number of aromatic nitrogens is 3. The summed E-state index contributed by atoms with van der Waals surface area (Å²) in [5, 5.41) is 21.6. The normalized spacial score (nSPS) is 14.0. The smallest absolute Gasteiger partial charge is 0.265 e. The second-order valence-electron chi connectivity index (χ2n) is 7.45. The highest BCUT2D eigenvalue weighted by Crippen LogP contribution is 2.37. The molecule has 2 N–H and O–H groups in total. The van der Waals surface area contributed by atoms with Crippen molar-refractivity contribution in [1.82, 2.24) is 14.8 Å². The van der Waals surface area contributed by atoms with E-state index in [1.807, 2.05) is 38.1 Å². The van der Waals surface area contributed by atoms with Crippen LogP contribution in [0.15, 0.2) is 47.6 Å². The first-order chi connectivity index (χ1) is 15.3. The summed E-state index contributed by atoms with van der Waals surface area (Å²) in [4.78, 5) is 26.6. The second kappa shape index (κ2) is 8.91. The average Bonchev–Trinajstić information content (AvgIpc) is 3.14. The third-order valence-electron chi connectivity index (χ3n) is 5.13. The number of benzene rings is 2. The van der Waals surface area contributed by atoms with Crippen LogP contribution in [0.5, 0.6) is 11.5 Å². The van der Waals surface area contributed by atoms with Crippen LogP contribution in [-0.2, 0) is 16.6 Å². The predicted octanol–water partition coefficient (Wildman–Crippen LogP) is 3.05. The summed E-state index contributed by atoms with van der Waals surface area (Å²) in [5.41, 5.74) is 1.98. The number of phenols is 1. The van der Waals surface area contributed by atoms with E-state index >= 15 is 0 Å². The molecular formula is C22H23N5O4S. The van der Waals surface area contributed by atoms with Crippen LogP contribution in [0.25, 0.3) is 0 Å². The number of carbonyl (C=O) groups is 2. The molecule has 10 heteroatoms. The van der Waals surface area contributed by atoms with Crippen LogP contribution in [0, 0.1) is 6.92 Å². The largest absolute Gasteiger partial charge is 0.506 e. The lowest BCUT2D eigenvalue weighted by Crippen LogP contribution is -2.41. The van der Waals surface area contributed by atoms with E-state index in [9.17, 15) is 14.7 Å². The Balaban J connectivity index is 1.46. The van der Waals surface area contributed by atoms with Gasteiger partial charge in [0.15, 0.2) is 17.6 Å². The summed E-state index contributed by atoms with van der Waals surface area (Å²) in [5.74, 6) is 0.907. The van der Waals surface area contributed by atoms with Crippen LogP contribution in [0.2, 0.25) is 0 Å². The molecule has 4 rings (SSSR count). The summed E-state index contributed by atoms with van der Waals surface area (Å²) in [6.45, 7) is 3.72. The van der Waals surface area contributed by atoms with E-state index in [1.165, 1.54) is 11.8 Å². The van der Waals surface area contributed by atoms with Gasteiger partial charge in [-0.15, -0.1) is 10.2 Å². The molecule has 0 saturated carbocycles. The molecule has 0 aliphatic carbocycles. The van der Waals surface area contributed by atoms with E-state index in [4.69, 9.17) is 4.74 Å². The van der Waals surface area contributed by atoms with E-state index in [2.05, 4.69) is 15.5 Å². The summed E-state index contributed by atoms with van der Waals surface area (Å²) >= 11 is 1.22. The number of para-hydroxylation sites is 2. The van der Waals surface area contributed by atoms with Gasteiger partial charge in [0.25, 0.3) is 5.91 Å². The number of anilines is 2. The van der Waals surface area contributed by atoms with Crippen molar-refractivity contribution in [2.75, 3.05) is 22.6 Å². The van der Waals surface area contributed by atoms with Gasteiger partial charge in [-0.2, -0.15) is 0 Å². The second-order valence-corrected chi connectivity index (χ2v) is 8.40. The molecule has 0 fully saturated rings. The highest BCUT2D eigenvalue weighted by molar-refractivity contribution is 7.99. The first-order valence-corrected chi connectivity index (χ1v) is 11.0. The Hall–Kier alpha value is -3.53. The molecule has 2 amide bonds. The summed E-state index contributed by atoms with van der Waals surface area (Å²) < 4.78 is 7.29. The zero-order valence-corrected chi connectivity index (χ0v) is 18.7. The fourth-order valence-electron chi connectivity index (χ4n) is 3.54. The number of thioether (sulfide) groups is 1. The lowest BCUT2D eigenvalue weighted by molar-refractivity contribution is -0.121. The Bertz CT molecular complexity index is 1180. The van der Waals surface area contributed by atoms with Crippen molar-refractivity contribution >= 4 is 35.0 Å². The number of aryl methyl sites for hydroxylation is 1. The van der Waals surface area contributed by atoms with Gasteiger partial charge < -0.3 is 19.7 Å². The highest BCUT2D eigenvalue weighted by atomic mass is 32.2. The van der Waals surface area contributed by atoms with Crippen LogP contribution in [-0.4, -0.2) is 44.0 Å². The van der Waals surface area contributed by atoms with Crippen LogP contribution in [0.3, 0.4) is 0 Å². The molecular weight excluding hydrogens is 430 g/mol. The summed E-state index contributed by atoms with van der Waals surface area (Å²) in [6.07, 6.45) is 0. The molecule has 0 radical (unpaired) electrons. The van der Waals surface area contributed by atoms with Crippen molar-refractivity contribution in [3.05, 3.63) is 53.9 Å². The van der Waals surface area contributed by atoms with Crippen molar-refractivity contribution in [3.63, 3.8) is 0 Å². The maximum absolute atomic E-state index is 12.6. The first kappa shape index (κ1) is 21.7. The number of phenolic OH excluding ortho intramolecular Hbond substituents is 1.